The van der Waals surface area contributed by atoms with Crippen molar-refractivity contribution in [2.45, 2.75) is 63.5 Å². The van der Waals surface area contributed by atoms with Gasteiger partial charge in [0.2, 0.25) is 5.91 Å². The van der Waals surface area contributed by atoms with Crippen LogP contribution in [0.5, 0.6) is 0 Å². The Morgan fingerprint density at radius 2 is 1.70 bits per heavy atom. The van der Waals surface area contributed by atoms with Gasteiger partial charge in [0, 0.05) is 26.2 Å². The number of likely N-dealkylation sites (tertiary alicyclic amines) is 1. The largest absolute Gasteiger partial charge is 0.353 e. The summed E-state index contributed by atoms with van der Waals surface area (Å²) in [6.45, 7) is 2.90. The highest BCUT2D eigenvalue weighted by molar-refractivity contribution is 5.78. The fourth-order valence-electron chi connectivity index (χ4n) is 5.17. The molecule has 0 aromatic carbocycles. The van der Waals surface area contributed by atoms with Crippen LogP contribution in [0.25, 0.3) is 11.2 Å². The van der Waals surface area contributed by atoms with Gasteiger partial charge in [0.1, 0.15) is 6.54 Å². The number of fused-ring (bicyclic) bond motifs is 1. The topological polar surface area (TPSA) is 94.2 Å². The summed E-state index contributed by atoms with van der Waals surface area (Å²) in [6, 6.07) is 0. The summed E-state index contributed by atoms with van der Waals surface area (Å²) in [4.78, 5) is 44.3. The van der Waals surface area contributed by atoms with E-state index in [-0.39, 0.29) is 23.5 Å². The Morgan fingerprint density at radius 3 is 2.40 bits per heavy atom. The van der Waals surface area contributed by atoms with Crippen molar-refractivity contribution < 1.29 is 4.79 Å². The summed E-state index contributed by atoms with van der Waals surface area (Å²) in [5.74, 6) is -0.132. The molecule has 164 valence electrons. The molecule has 1 aliphatic carbocycles. The molecule has 0 unspecified atom stereocenters. The fourth-order valence-corrected chi connectivity index (χ4v) is 5.17. The van der Waals surface area contributed by atoms with Gasteiger partial charge in [0.15, 0.2) is 11.2 Å². The Labute approximate surface area is 175 Å². The van der Waals surface area contributed by atoms with E-state index in [1.54, 1.807) is 11.6 Å². The third-order valence-corrected chi connectivity index (χ3v) is 6.96. The molecule has 30 heavy (non-hydrogen) atoms. The second-order valence-corrected chi connectivity index (χ2v) is 8.86. The van der Waals surface area contributed by atoms with Crippen molar-refractivity contribution in [2.75, 3.05) is 19.6 Å². The number of nitrogens with one attached hydrogen (secondary N) is 1. The van der Waals surface area contributed by atoms with Crippen molar-refractivity contribution >= 4 is 17.1 Å². The number of aromatic nitrogens is 4. The fraction of sp³-hybridized carbons (Fsp3) is 0.714. The monoisotopic (exact) mass is 416 g/mol. The van der Waals surface area contributed by atoms with Crippen molar-refractivity contribution in [2.24, 2.45) is 14.1 Å². The van der Waals surface area contributed by atoms with Gasteiger partial charge in [-0.05, 0) is 38.8 Å². The average Bonchev–Trinajstić information content (AvgIpc) is 3.19. The lowest BCUT2D eigenvalue weighted by Crippen LogP contribution is -2.58. The molecule has 9 nitrogen and oxygen atoms in total. The van der Waals surface area contributed by atoms with E-state index in [0.717, 1.165) is 30.5 Å². The van der Waals surface area contributed by atoms with Gasteiger partial charge < -0.3 is 9.88 Å². The van der Waals surface area contributed by atoms with E-state index in [1.165, 1.54) is 56.5 Å². The predicted octanol–water partition coefficient (Wildman–Crippen LogP) is 0.739. The number of amides is 1. The molecule has 1 N–H and O–H groups in total. The van der Waals surface area contributed by atoms with Crippen LogP contribution < -0.4 is 16.6 Å². The Hall–Kier alpha value is -2.42. The number of hydrogen-bond donors (Lipinski definition) is 1. The summed E-state index contributed by atoms with van der Waals surface area (Å²) in [7, 11) is 3.01. The number of carbonyl (C=O) groups is 1. The number of rotatable bonds is 5. The van der Waals surface area contributed by atoms with Crippen LogP contribution in [0, 0.1) is 0 Å². The molecule has 0 atom stereocenters. The lowest BCUT2D eigenvalue weighted by Gasteiger charge is -2.48. The van der Waals surface area contributed by atoms with Crippen molar-refractivity contribution in [3.8, 4) is 0 Å². The van der Waals surface area contributed by atoms with Crippen LogP contribution in [0.4, 0.5) is 0 Å². The normalized spacial score (nSPS) is 19.8. The Bertz CT molecular complexity index is 1040. The maximum Gasteiger partial charge on any atom is 0.332 e. The summed E-state index contributed by atoms with van der Waals surface area (Å²) in [5, 5.41) is 3.15. The molecule has 3 heterocycles. The number of nitrogens with zero attached hydrogens (tertiary/aromatic N) is 5. The third-order valence-electron chi connectivity index (χ3n) is 6.96. The van der Waals surface area contributed by atoms with Crippen LogP contribution in [0.15, 0.2) is 15.9 Å². The van der Waals surface area contributed by atoms with Crippen LogP contribution in [0.1, 0.15) is 51.4 Å². The second-order valence-electron chi connectivity index (χ2n) is 8.86. The van der Waals surface area contributed by atoms with Crippen LogP contribution in [0.3, 0.4) is 0 Å². The van der Waals surface area contributed by atoms with E-state index in [0.29, 0.717) is 12.2 Å². The van der Waals surface area contributed by atoms with Gasteiger partial charge >= 0.3 is 5.69 Å². The number of carbonyl (C=O) groups excluding carboxylic acids is 1. The highest BCUT2D eigenvalue weighted by atomic mass is 16.2. The zero-order chi connectivity index (χ0) is 21.3. The van der Waals surface area contributed by atoms with Crippen molar-refractivity contribution in [1.82, 2.24) is 28.9 Å². The molecule has 2 aromatic rings. The van der Waals surface area contributed by atoms with E-state index in [1.807, 2.05) is 0 Å². The van der Waals surface area contributed by atoms with Crippen LogP contribution in [-0.4, -0.2) is 54.7 Å². The molecular formula is C21H32N6O3. The maximum absolute atomic E-state index is 12.8. The summed E-state index contributed by atoms with van der Waals surface area (Å²) in [5.41, 5.74) is -0.227. The van der Waals surface area contributed by atoms with Crippen molar-refractivity contribution in [3.63, 3.8) is 0 Å². The maximum atomic E-state index is 12.8. The molecule has 2 aliphatic rings. The van der Waals surface area contributed by atoms with Gasteiger partial charge in [0.25, 0.3) is 5.56 Å². The highest BCUT2D eigenvalue weighted by Crippen LogP contribution is 2.35. The second kappa shape index (κ2) is 8.37. The van der Waals surface area contributed by atoms with Gasteiger partial charge in [-0.1, -0.05) is 25.7 Å². The van der Waals surface area contributed by atoms with Crippen LogP contribution in [0.2, 0.25) is 0 Å². The van der Waals surface area contributed by atoms with E-state index in [4.69, 9.17) is 0 Å². The molecule has 1 saturated carbocycles. The molecule has 1 aliphatic heterocycles. The quantitative estimate of drug-likeness (QED) is 0.776. The minimum atomic E-state index is -0.435. The van der Waals surface area contributed by atoms with Gasteiger partial charge in [0.05, 0.1) is 6.33 Å². The smallest absolute Gasteiger partial charge is 0.332 e. The molecular weight excluding hydrogens is 384 g/mol. The zero-order valence-corrected chi connectivity index (χ0v) is 18.0. The third kappa shape index (κ3) is 3.71. The SMILES string of the molecule is Cn1c(=O)c2c(ncn2CC(=O)NCC2(N3CCCCC3)CCCCC2)n(C)c1=O. The highest BCUT2D eigenvalue weighted by Gasteiger charge is 2.38. The lowest BCUT2D eigenvalue weighted by molar-refractivity contribution is -0.122. The first-order chi connectivity index (χ1) is 14.4. The minimum absolute atomic E-state index is 0.0139. The molecule has 1 amide bonds. The predicted molar refractivity (Wildman–Crippen MR) is 114 cm³/mol. The van der Waals surface area contributed by atoms with Gasteiger partial charge in [-0.15, -0.1) is 0 Å². The van der Waals surface area contributed by atoms with E-state index in [2.05, 4.69) is 15.2 Å². The van der Waals surface area contributed by atoms with Gasteiger partial charge in [-0.3, -0.25) is 23.6 Å². The molecule has 1 saturated heterocycles. The zero-order valence-electron chi connectivity index (χ0n) is 18.0. The Balaban J connectivity index is 1.50. The molecule has 0 spiro atoms. The minimum Gasteiger partial charge on any atom is -0.353 e. The summed E-state index contributed by atoms with van der Waals surface area (Å²) in [6.07, 6.45) is 11.2. The lowest BCUT2D eigenvalue weighted by atomic mass is 9.79. The molecule has 4 rings (SSSR count). The van der Waals surface area contributed by atoms with Crippen molar-refractivity contribution in [3.05, 3.63) is 27.2 Å². The van der Waals surface area contributed by atoms with Crippen LogP contribution >= 0.6 is 0 Å². The molecule has 0 bridgehead atoms. The summed E-state index contributed by atoms with van der Waals surface area (Å²) < 4.78 is 3.92. The first kappa shape index (κ1) is 20.8. The summed E-state index contributed by atoms with van der Waals surface area (Å²) >= 11 is 0. The van der Waals surface area contributed by atoms with Crippen LogP contribution in [-0.2, 0) is 25.4 Å². The van der Waals surface area contributed by atoms with Gasteiger partial charge in [-0.25, -0.2) is 9.78 Å². The van der Waals surface area contributed by atoms with E-state index < -0.39 is 11.2 Å². The first-order valence-electron chi connectivity index (χ1n) is 11.1. The van der Waals surface area contributed by atoms with Gasteiger partial charge in [-0.2, -0.15) is 0 Å². The number of hydrogen-bond acceptors (Lipinski definition) is 5. The standard InChI is InChI=1S/C21H32N6O3/c1-24-18-17(19(29)25(2)20(24)30)26(15-23-18)13-16(28)22-14-21(9-5-3-6-10-21)27-11-7-4-8-12-27/h15H,3-14H2,1-2H3,(H,22,28). The number of imidazole rings is 1. The molecule has 2 aromatic heterocycles. The van der Waals surface area contributed by atoms with Crippen molar-refractivity contribution in [1.29, 1.82) is 0 Å². The number of aryl methyl sites for hydroxylation is 1. The van der Waals surface area contributed by atoms with E-state index in [9.17, 15) is 14.4 Å². The Morgan fingerprint density at radius 1 is 1.03 bits per heavy atom. The van der Waals surface area contributed by atoms with E-state index >= 15 is 0 Å². The Kier molecular flexibility index (Phi) is 5.81. The molecule has 9 heteroatoms. The molecule has 2 fully saturated rings. The molecule has 0 radical (unpaired) electrons. The number of piperidine rings is 1. The average molecular weight is 417 g/mol. The first-order valence-corrected chi connectivity index (χ1v) is 11.1.